The third-order valence-electron chi connectivity index (χ3n) is 3.35. The highest BCUT2D eigenvalue weighted by molar-refractivity contribution is 5.96. The molecule has 0 heterocycles. The van der Waals surface area contributed by atoms with Crippen LogP contribution in [0, 0.1) is 12.7 Å². The van der Waals surface area contributed by atoms with E-state index in [9.17, 15) is 14.0 Å². The van der Waals surface area contributed by atoms with Crippen LogP contribution in [0.4, 0.5) is 9.18 Å². The van der Waals surface area contributed by atoms with Crippen molar-refractivity contribution in [3.63, 3.8) is 0 Å². The summed E-state index contributed by atoms with van der Waals surface area (Å²) in [5.74, 6) is -0.358. The molecule has 2 aromatic rings. The van der Waals surface area contributed by atoms with Gasteiger partial charge in [-0.2, -0.15) is 0 Å². The predicted molar refractivity (Wildman–Crippen MR) is 86.8 cm³/mol. The van der Waals surface area contributed by atoms with Gasteiger partial charge in [0.2, 0.25) is 0 Å². The van der Waals surface area contributed by atoms with Crippen LogP contribution >= 0.6 is 0 Å². The summed E-state index contributed by atoms with van der Waals surface area (Å²) in [6.45, 7) is 2.44. The van der Waals surface area contributed by atoms with Gasteiger partial charge in [0.15, 0.2) is 5.78 Å². The van der Waals surface area contributed by atoms with E-state index < -0.39 is 0 Å². The number of hydrogen-bond donors (Lipinski definition) is 2. The minimum absolute atomic E-state index is 0.0181. The second-order valence-electron chi connectivity index (χ2n) is 5.28. The third-order valence-corrected chi connectivity index (χ3v) is 3.35. The molecular formula is C18H19FN2O2. The molecule has 0 saturated carbocycles. The molecule has 0 atom stereocenters. The van der Waals surface area contributed by atoms with E-state index in [0.29, 0.717) is 11.1 Å². The van der Waals surface area contributed by atoms with Gasteiger partial charge in [-0.1, -0.05) is 42.0 Å². The highest BCUT2D eigenvalue weighted by Gasteiger charge is 2.06. The van der Waals surface area contributed by atoms with E-state index in [0.717, 1.165) is 5.56 Å². The van der Waals surface area contributed by atoms with Crippen molar-refractivity contribution in [1.82, 2.24) is 10.6 Å². The average molecular weight is 314 g/mol. The lowest BCUT2D eigenvalue weighted by Crippen LogP contribution is -2.36. The molecule has 0 unspecified atom stereocenters. The van der Waals surface area contributed by atoms with Gasteiger partial charge in [0.25, 0.3) is 0 Å². The van der Waals surface area contributed by atoms with E-state index in [-0.39, 0.29) is 37.1 Å². The Bertz CT molecular complexity index is 684. The Morgan fingerprint density at radius 1 is 1.04 bits per heavy atom. The van der Waals surface area contributed by atoms with E-state index in [1.165, 1.54) is 12.1 Å². The molecule has 120 valence electrons. The van der Waals surface area contributed by atoms with Crippen molar-refractivity contribution < 1.29 is 14.0 Å². The molecule has 0 aliphatic carbocycles. The number of amides is 2. The molecule has 0 aromatic heterocycles. The number of ketones is 1. The summed E-state index contributed by atoms with van der Waals surface area (Å²) in [5.41, 5.74) is 2.41. The Morgan fingerprint density at radius 2 is 1.78 bits per heavy atom. The SMILES string of the molecule is Cc1ccc(C(=O)CCNC(=O)NCc2cccc(F)c2)cc1. The van der Waals surface area contributed by atoms with Gasteiger partial charge in [0.1, 0.15) is 5.82 Å². The van der Waals surface area contributed by atoms with E-state index in [1.54, 1.807) is 24.3 Å². The summed E-state index contributed by atoms with van der Waals surface area (Å²) in [5, 5.41) is 5.23. The summed E-state index contributed by atoms with van der Waals surface area (Å²) < 4.78 is 13.0. The molecule has 0 bridgehead atoms. The van der Waals surface area contributed by atoms with Gasteiger partial charge in [-0.15, -0.1) is 0 Å². The zero-order chi connectivity index (χ0) is 16.7. The topological polar surface area (TPSA) is 58.2 Å². The van der Waals surface area contributed by atoms with Gasteiger partial charge < -0.3 is 10.6 Å². The zero-order valence-corrected chi connectivity index (χ0v) is 12.9. The normalized spacial score (nSPS) is 10.2. The first-order valence-electron chi connectivity index (χ1n) is 7.40. The molecule has 5 heteroatoms. The van der Waals surface area contributed by atoms with Gasteiger partial charge in [0, 0.05) is 25.1 Å². The van der Waals surface area contributed by atoms with E-state index >= 15 is 0 Å². The Kier molecular flexibility index (Phi) is 5.86. The summed E-state index contributed by atoms with van der Waals surface area (Å²) in [4.78, 5) is 23.6. The van der Waals surface area contributed by atoms with Crippen LogP contribution in [0.2, 0.25) is 0 Å². The first-order chi connectivity index (χ1) is 11.0. The van der Waals surface area contributed by atoms with Gasteiger partial charge in [-0.3, -0.25) is 4.79 Å². The minimum atomic E-state index is -0.383. The fourth-order valence-corrected chi connectivity index (χ4v) is 2.07. The van der Waals surface area contributed by atoms with E-state index in [1.807, 2.05) is 19.1 Å². The fraction of sp³-hybridized carbons (Fsp3) is 0.222. The van der Waals surface area contributed by atoms with Gasteiger partial charge in [0.05, 0.1) is 0 Å². The number of rotatable bonds is 6. The van der Waals surface area contributed by atoms with Gasteiger partial charge in [-0.25, -0.2) is 9.18 Å². The first-order valence-corrected chi connectivity index (χ1v) is 7.40. The number of aryl methyl sites for hydroxylation is 1. The zero-order valence-electron chi connectivity index (χ0n) is 12.9. The number of benzene rings is 2. The molecule has 2 N–H and O–H groups in total. The lowest BCUT2D eigenvalue weighted by Gasteiger charge is -2.07. The van der Waals surface area contributed by atoms with Crippen molar-refractivity contribution in [2.75, 3.05) is 6.54 Å². The van der Waals surface area contributed by atoms with Gasteiger partial charge in [-0.05, 0) is 24.6 Å². The smallest absolute Gasteiger partial charge is 0.315 e. The van der Waals surface area contributed by atoms with Crippen LogP contribution < -0.4 is 10.6 Å². The highest BCUT2D eigenvalue weighted by Crippen LogP contribution is 2.06. The van der Waals surface area contributed by atoms with Gasteiger partial charge >= 0.3 is 6.03 Å². The maximum atomic E-state index is 13.0. The quantitative estimate of drug-likeness (QED) is 0.804. The van der Waals surface area contributed by atoms with E-state index in [2.05, 4.69) is 10.6 Å². The Morgan fingerprint density at radius 3 is 2.48 bits per heavy atom. The number of nitrogens with one attached hydrogen (secondary N) is 2. The number of halogens is 1. The Labute approximate surface area is 134 Å². The minimum Gasteiger partial charge on any atom is -0.338 e. The largest absolute Gasteiger partial charge is 0.338 e. The molecule has 0 aliphatic heterocycles. The number of urea groups is 1. The molecule has 0 saturated heterocycles. The molecule has 0 radical (unpaired) electrons. The molecular weight excluding hydrogens is 295 g/mol. The number of carbonyl (C=O) groups is 2. The first kappa shape index (κ1) is 16.7. The molecule has 0 fully saturated rings. The maximum Gasteiger partial charge on any atom is 0.315 e. The van der Waals surface area contributed by atoms with Crippen LogP contribution in [-0.4, -0.2) is 18.4 Å². The summed E-state index contributed by atoms with van der Waals surface area (Å²) in [6.07, 6.45) is 0.233. The lowest BCUT2D eigenvalue weighted by molar-refractivity contribution is 0.0983. The second kappa shape index (κ2) is 8.08. The lowest BCUT2D eigenvalue weighted by atomic mass is 10.1. The van der Waals surface area contributed by atoms with Crippen LogP contribution in [0.15, 0.2) is 48.5 Å². The highest BCUT2D eigenvalue weighted by atomic mass is 19.1. The molecule has 2 amide bonds. The van der Waals surface area contributed by atoms with Crippen LogP contribution in [0.1, 0.15) is 27.9 Å². The van der Waals surface area contributed by atoms with E-state index in [4.69, 9.17) is 0 Å². The molecule has 2 rings (SSSR count). The second-order valence-corrected chi connectivity index (χ2v) is 5.28. The number of carbonyl (C=O) groups excluding carboxylic acids is 2. The average Bonchev–Trinajstić information content (AvgIpc) is 2.53. The summed E-state index contributed by atoms with van der Waals surface area (Å²) in [7, 11) is 0. The summed E-state index contributed by atoms with van der Waals surface area (Å²) >= 11 is 0. The molecule has 23 heavy (non-hydrogen) atoms. The third kappa shape index (κ3) is 5.54. The number of hydrogen-bond acceptors (Lipinski definition) is 2. The number of Topliss-reactive ketones (excluding diaryl/α,β-unsaturated/α-hetero) is 1. The molecule has 4 nitrogen and oxygen atoms in total. The maximum absolute atomic E-state index is 13.0. The molecule has 2 aromatic carbocycles. The van der Waals surface area contributed by atoms with Crippen LogP contribution in [0.3, 0.4) is 0 Å². The van der Waals surface area contributed by atoms with Crippen LogP contribution in [0.25, 0.3) is 0 Å². The molecule has 0 spiro atoms. The van der Waals surface area contributed by atoms with Crippen molar-refractivity contribution in [2.45, 2.75) is 19.9 Å². The van der Waals surface area contributed by atoms with Crippen LogP contribution in [-0.2, 0) is 6.54 Å². The van der Waals surface area contributed by atoms with Crippen molar-refractivity contribution in [3.8, 4) is 0 Å². The van der Waals surface area contributed by atoms with Crippen LogP contribution in [0.5, 0.6) is 0 Å². The van der Waals surface area contributed by atoms with Crippen molar-refractivity contribution in [3.05, 3.63) is 71.0 Å². The monoisotopic (exact) mass is 314 g/mol. The summed E-state index contributed by atoms with van der Waals surface area (Å²) in [6, 6.07) is 13.0. The van der Waals surface area contributed by atoms with Crippen molar-refractivity contribution in [2.24, 2.45) is 0 Å². The van der Waals surface area contributed by atoms with Crippen molar-refractivity contribution in [1.29, 1.82) is 0 Å². The predicted octanol–water partition coefficient (Wildman–Crippen LogP) is 3.21. The van der Waals surface area contributed by atoms with Crippen molar-refractivity contribution >= 4 is 11.8 Å². The Balaban J connectivity index is 1.70. The fourth-order valence-electron chi connectivity index (χ4n) is 2.07. The standard InChI is InChI=1S/C18H19FN2O2/c1-13-5-7-15(8-6-13)17(22)9-10-20-18(23)21-12-14-3-2-4-16(19)11-14/h2-8,11H,9-10,12H2,1H3,(H2,20,21,23). The Hall–Kier alpha value is -2.69. The molecule has 0 aliphatic rings.